The standard InChI is InChI=1S/C30H48O4/c1-18-7-12-29-14-13-28(6)27(5)11-8-20-25(3,10-9-22(32)26(20,4)16-31)21(27)15-23(33)30(28,34-17-29)24(29)19(18)2/h18-22,24,31-32H,7-17H2,1-6H3. The van der Waals surface area contributed by atoms with Gasteiger partial charge in [0.05, 0.1) is 19.3 Å². The van der Waals surface area contributed by atoms with E-state index in [0.29, 0.717) is 30.0 Å². The summed E-state index contributed by atoms with van der Waals surface area (Å²) in [6, 6.07) is 0. The molecule has 12 atom stereocenters. The third-order valence-electron chi connectivity index (χ3n) is 14.4. The molecule has 1 spiro atoms. The maximum atomic E-state index is 14.6. The summed E-state index contributed by atoms with van der Waals surface area (Å²) >= 11 is 0. The van der Waals surface area contributed by atoms with Crippen molar-refractivity contribution in [2.75, 3.05) is 13.2 Å². The van der Waals surface area contributed by atoms with Gasteiger partial charge in [0, 0.05) is 28.6 Å². The highest BCUT2D eigenvalue weighted by atomic mass is 16.5. The van der Waals surface area contributed by atoms with Gasteiger partial charge in [-0.25, -0.2) is 0 Å². The molecule has 6 fully saturated rings. The molecule has 34 heavy (non-hydrogen) atoms. The van der Waals surface area contributed by atoms with Crippen molar-refractivity contribution in [2.45, 2.75) is 111 Å². The third kappa shape index (κ3) is 2.32. The Morgan fingerprint density at radius 2 is 1.68 bits per heavy atom. The number of Topliss-reactive ketones (excluding diaryl/α,β-unsaturated/α-hetero) is 1. The maximum absolute atomic E-state index is 14.6. The van der Waals surface area contributed by atoms with Crippen LogP contribution in [0, 0.1) is 56.7 Å². The van der Waals surface area contributed by atoms with Gasteiger partial charge in [-0.15, -0.1) is 0 Å². The molecule has 6 aliphatic rings. The van der Waals surface area contributed by atoms with Gasteiger partial charge in [-0.1, -0.05) is 41.5 Å². The number of rotatable bonds is 1. The minimum Gasteiger partial charge on any atom is -0.396 e. The summed E-state index contributed by atoms with van der Waals surface area (Å²) in [5, 5.41) is 21.4. The van der Waals surface area contributed by atoms with Crippen molar-refractivity contribution in [3.05, 3.63) is 0 Å². The monoisotopic (exact) mass is 472 g/mol. The van der Waals surface area contributed by atoms with Gasteiger partial charge in [0.25, 0.3) is 0 Å². The van der Waals surface area contributed by atoms with E-state index in [-0.39, 0.29) is 40.1 Å². The zero-order valence-corrected chi connectivity index (χ0v) is 22.5. The van der Waals surface area contributed by atoms with Crippen LogP contribution in [0.4, 0.5) is 0 Å². The Morgan fingerprint density at radius 1 is 0.941 bits per heavy atom. The quantitative estimate of drug-likeness (QED) is 0.537. The highest BCUT2D eigenvalue weighted by Crippen LogP contribution is 2.79. The first-order valence-corrected chi connectivity index (χ1v) is 14.3. The number of aliphatic hydroxyl groups is 2. The number of ether oxygens (including phenoxy) is 1. The highest BCUT2D eigenvalue weighted by molar-refractivity contribution is 5.91. The Morgan fingerprint density at radius 3 is 2.38 bits per heavy atom. The predicted octanol–water partition coefficient (Wildman–Crippen LogP) is 5.39. The fourth-order valence-electron chi connectivity index (χ4n) is 12.0. The fraction of sp³-hybridized carbons (Fsp3) is 0.967. The van der Waals surface area contributed by atoms with Gasteiger partial charge in [-0.05, 0) is 85.9 Å². The van der Waals surface area contributed by atoms with Crippen LogP contribution in [0.5, 0.6) is 0 Å². The summed E-state index contributed by atoms with van der Waals surface area (Å²) in [6.45, 7) is 15.1. The smallest absolute Gasteiger partial charge is 0.165 e. The third-order valence-corrected chi connectivity index (χ3v) is 14.4. The SMILES string of the molecule is CC1CCC23CCC4(C)C5(C)CCC6C(C)(CO)C(O)CCC6(C)C5CC(=O)C4(OC2)C3C1C. The second-order valence-electron chi connectivity index (χ2n) is 15.0. The zero-order valence-electron chi connectivity index (χ0n) is 22.5. The van der Waals surface area contributed by atoms with E-state index in [1.807, 2.05) is 0 Å². The number of hydrogen-bond acceptors (Lipinski definition) is 4. The van der Waals surface area contributed by atoms with Crippen LogP contribution < -0.4 is 0 Å². The van der Waals surface area contributed by atoms with E-state index in [2.05, 4.69) is 41.5 Å². The van der Waals surface area contributed by atoms with E-state index in [1.165, 1.54) is 19.3 Å². The normalized spacial score (nSPS) is 62.9. The van der Waals surface area contributed by atoms with Crippen LogP contribution in [0.25, 0.3) is 0 Å². The molecule has 1 heterocycles. The molecular formula is C30H48O4. The van der Waals surface area contributed by atoms with Gasteiger partial charge >= 0.3 is 0 Å². The number of carbonyl (C=O) groups is 1. The molecule has 1 saturated heterocycles. The van der Waals surface area contributed by atoms with Crippen molar-refractivity contribution in [2.24, 2.45) is 56.7 Å². The van der Waals surface area contributed by atoms with Gasteiger partial charge in [0.1, 0.15) is 5.60 Å². The van der Waals surface area contributed by atoms with Crippen LogP contribution in [0.3, 0.4) is 0 Å². The second-order valence-corrected chi connectivity index (χ2v) is 15.0. The van der Waals surface area contributed by atoms with Gasteiger partial charge in [-0.3, -0.25) is 4.79 Å². The zero-order chi connectivity index (χ0) is 24.5. The Balaban J connectivity index is 1.48. The van der Waals surface area contributed by atoms with Crippen LogP contribution in [0.1, 0.15) is 99.3 Å². The first-order valence-electron chi connectivity index (χ1n) is 14.3. The van der Waals surface area contributed by atoms with Crippen molar-refractivity contribution >= 4 is 5.78 Å². The minimum absolute atomic E-state index is 0.0239. The second kappa shape index (κ2) is 6.90. The van der Waals surface area contributed by atoms with Crippen molar-refractivity contribution in [1.82, 2.24) is 0 Å². The maximum Gasteiger partial charge on any atom is 0.165 e. The first-order chi connectivity index (χ1) is 15.9. The molecule has 0 amide bonds. The summed E-state index contributed by atoms with van der Waals surface area (Å²) < 4.78 is 6.97. The van der Waals surface area contributed by atoms with Gasteiger partial charge in [-0.2, -0.15) is 0 Å². The topological polar surface area (TPSA) is 66.8 Å². The lowest BCUT2D eigenvalue weighted by atomic mass is 9.30. The highest BCUT2D eigenvalue weighted by Gasteiger charge is 2.81. The molecule has 5 aliphatic carbocycles. The summed E-state index contributed by atoms with van der Waals surface area (Å²) in [4.78, 5) is 14.6. The molecule has 4 heteroatoms. The molecule has 192 valence electrons. The number of carbonyl (C=O) groups excluding carboxylic acids is 1. The molecule has 0 aromatic heterocycles. The van der Waals surface area contributed by atoms with Crippen LogP contribution >= 0.6 is 0 Å². The summed E-state index contributed by atoms with van der Waals surface area (Å²) in [5.41, 5.74) is -1.07. The molecule has 4 nitrogen and oxygen atoms in total. The summed E-state index contributed by atoms with van der Waals surface area (Å²) in [6.07, 6.45) is 8.72. The predicted molar refractivity (Wildman–Crippen MR) is 132 cm³/mol. The van der Waals surface area contributed by atoms with E-state index >= 15 is 0 Å². The molecule has 0 aromatic rings. The molecular weight excluding hydrogens is 424 g/mol. The Kier molecular flexibility index (Phi) is 4.85. The van der Waals surface area contributed by atoms with E-state index in [9.17, 15) is 15.0 Å². The van der Waals surface area contributed by atoms with Crippen molar-refractivity contribution in [3.63, 3.8) is 0 Å². The summed E-state index contributed by atoms with van der Waals surface area (Å²) in [5.74, 6) is 2.45. The minimum atomic E-state index is -0.623. The molecule has 5 saturated carbocycles. The van der Waals surface area contributed by atoms with Crippen LogP contribution in [-0.2, 0) is 9.53 Å². The molecule has 0 radical (unpaired) electrons. The van der Waals surface area contributed by atoms with Gasteiger partial charge in [0.2, 0.25) is 0 Å². The van der Waals surface area contributed by atoms with Crippen LogP contribution in [-0.4, -0.2) is 40.9 Å². The van der Waals surface area contributed by atoms with Gasteiger partial charge < -0.3 is 14.9 Å². The lowest BCUT2D eigenvalue weighted by Gasteiger charge is -2.74. The van der Waals surface area contributed by atoms with E-state index in [4.69, 9.17) is 4.74 Å². The Hall–Kier alpha value is -0.450. The largest absolute Gasteiger partial charge is 0.396 e. The molecule has 12 unspecified atom stereocenters. The number of hydrogen-bond donors (Lipinski definition) is 2. The Labute approximate surface area is 206 Å². The fourth-order valence-corrected chi connectivity index (χ4v) is 12.0. The van der Waals surface area contributed by atoms with Crippen molar-refractivity contribution < 1.29 is 19.7 Å². The van der Waals surface area contributed by atoms with Gasteiger partial charge in [0.15, 0.2) is 5.78 Å². The van der Waals surface area contributed by atoms with Crippen molar-refractivity contribution in [3.8, 4) is 0 Å². The van der Waals surface area contributed by atoms with Crippen molar-refractivity contribution in [1.29, 1.82) is 0 Å². The number of fused-ring (bicyclic) bond motifs is 4. The molecule has 0 aromatic carbocycles. The lowest BCUT2D eigenvalue weighted by Crippen LogP contribution is -2.75. The molecule has 6 rings (SSSR count). The average molecular weight is 473 g/mol. The average Bonchev–Trinajstić information content (AvgIpc) is 3.09. The summed E-state index contributed by atoms with van der Waals surface area (Å²) in [7, 11) is 0. The molecule has 2 N–H and O–H groups in total. The van der Waals surface area contributed by atoms with E-state index < -0.39 is 17.1 Å². The Bertz CT molecular complexity index is 902. The number of ketones is 1. The lowest BCUT2D eigenvalue weighted by molar-refractivity contribution is -0.276. The molecule has 2 bridgehead atoms. The van der Waals surface area contributed by atoms with E-state index in [0.717, 1.165) is 38.7 Å². The number of aliphatic hydroxyl groups excluding tert-OH is 2. The van der Waals surface area contributed by atoms with Crippen LogP contribution in [0.2, 0.25) is 0 Å². The van der Waals surface area contributed by atoms with Crippen LogP contribution in [0.15, 0.2) is 0 Å². The first kappa shape index (κ1) is 23.9. The van der Waals surface area contributed by atoms with E-state index in [1.54, 1.807) is 0 Å². The molecule has 1 aliphatic heterocycles.